The smallest absolute Gasteiger partial charge is 0.374 e. The number of rotatable bonds is 23. The average molecular weight is 957 g/mol. The minimum atomic E-state index is -0.629. The second kappa shape index (κ2) is 23.6. The van der Waals surface area contributed by atoms with Crippen molar-refractivity contribution < 1.29 is 47.8 Å². The summed E-state index contributed by atoms with van der Waals surface area (Å²) < 4.78 is 18.1. The lowest BCUT2D eigenvalue weighted by molar-refractivity contribution is -0.155. The lowest BCUT2D eigenvalue weighted by Gasteiger charge is -2.19. The van der Waals surface area contributed by atoms with Gasteiger partial charge in [0.2, 0.25) is 23.5 Å². The van der Waals surface area contributed by atoms with Crippen LogP contribution in [0.25, 0.3) is 0 Å². The number of amides is 6. The van der Waals surface area contributed by atoms with E-state index in [2.05, 4.69) is 46.9 Å². The maximum absolute atomic E-state index is 13.2. The normalized spacial score (nSPS) is 11.1. The number of aryl methyl sites for hydroxylation is 5. The number of imidazole rings is 3. The van der Waals surface area contributed by atoms with E-state index in [0.29, 0.717) is 37.2 Å². The van der Waals surface area contributed by atoms with Crippen LogP contribution >= 0.6 is 0 Å². The average Bonchev–Trinajstić information content (AvgIpc) is 4.11. The topological polar surface area (TPSA) is 291 Å². The summed E-state index contributed by atoms with van der Waals surface area (Å²) in [5, 5.41) is 16.2. The van der Waals surface area contributed by atoms with Crippen molar-refractivity contribution in [2.45, 2.75) is 84.8 Å². The lowest BCUT2D eigenvalue weighted by Crippen LogP contribution is -2.29. The molecule has 24 nitrogen and oxygen atoms in total. The summed E-state index contributed by atoms with van der Waals surface area (Å²) in [7, 11) is 6.53. The number of nitrogens with one attached hydrogen (secondary N) is 6. The molecular formula is C45H60N14O10. The van der Waals surface area contributed by atoms with Crippen molar-refractivity contribution in [2.75, 3.05) is 41.0 Å². The van der Waals surface area contributed by atoms with Crippen molar-refractivity contribution in [2.24, 2.45) is 28.2 Å². The van der Waals surface area contributed by atoms with Crippen LogP contribution in [-0.4, -0.2) is 110 Å². The van der Waals surface area contributed by atoms with Gasteiger partial charge in [0.25, 0.3) is 23.6 Å². The van der Waals surface area contributed by atoms with Gasteiger partial charge in [-0.1, -0.05) is 6.42 Å². The number of ether oxygens (including phenoxy) is 2. The molecule has 24 heteroatoms. The van der Waals surface area contributed by atoms with Crippen LogP contribution in [0.2, 0.25) is 0 Å². The first-order valence-corrected chi connectivity index (χ1v) is 22.3. The first kappa shape index (κ1) is 51.9. The quantitative estimate of drug-likeness (QED) is 0.0404. The first-order chi connectivity index (χ1) is 32.7. The van der Waals surface area contributed by atoms with Gasteiger partial charge in [-0.2, -0.15) is 0 Å². The maximum Gasteiger partial charge on any atom is 0.374 e. The van der Waals surface area contributed by atoms with Crippen molar-refractivity contribution in [1.82, 2.24) is 48.4 Å². The molecule has 0 saturated carbocycles. The number of unbranched alkanes of at least 4 members (excludes halogenated alkanes) is 2. The highest BCUT2D eigenvalue weighted by atomic mass is 16.6. The van der Waals surface area contributed by atoms with Crippen LogP contribution < -0.4 is 31.9 Å². The number of aromatic nitrogens is 8. The molecular weight excluding hydrogens is 897 g/mol. The predicted molar refractivity (Wildman–Crippen MR) is 251 cm³/mol. The molecule has 5 heterocycles. The molecule has 0 atom stereocenters. The summed E-state index contributed by atoms with van der Waals surface area (Å²) in [6.45, 7) is 7.82. The summed E-state index contributed by atoms with van der Waals surface area (Å²) in [6.07, 6.45) is 11.7. The first-order valence-electron chi connectivity index (χ1n) is 22.3. The van der Waals surface area contributed by atoms with E-state index in [9.17, 15) is 38.4 Å². The number of hydrogen-bond donors (Lipinski definition) is 6. The molecule has 5 aromatic heterocycles. The highest BCUT2D eigenvalue weighted by Crippen LogP contribution is 2.18. The van der Waals surface area contributed by atoms with Crippen molar-refractivity contribution >= 4 is 70.4 Å². The predicted octanol–water partition coefficient (Wildman–Crippen LogP) is 3.52. The minimum Gasteiger partial charge on any atom is -0.460 e. The number of hydrogen-bond acceptors (Lipinski definition) is 13. The minimum absolute atomic E-state index is 0.0127. The van der Waals surface area contributed by atoms with Gasteiger partial charge in [0.1, 0.15) is 17.0 Å². The second-order valence-electron chi connectivity index (χ2n) is 17.0. The summed E-state index contributed by atoms with van der Waals surface area (Å²) in [5.41, 5.74) is 0.635. The van der Waals surface area contributed by atoms with Gasteiger partial charge in [-0.3, -0.25) is 33.6 Å². The van der Waals surface area contributed by atoms with Gasteiger partial charge in [0, 0.05) is 104 Å². The third kappa shape index (κ3) is 15.2. The van der Waals surface area contributed by atoms with E-state index in [1.165, 1.54) is 38.2 Å². The fourth-order valence-corrected chi connectivity index (χ4v) is 6.87. The molecule has 0 spiro atoms. The Kier molecular flexibility index (Phi) is 17.8. The Balaban J connectivity index is 1.02. The monoisotopic (exact) mass is 956 g/mol. The van der Waals surface area contributed by atoms with Crippen LogP contribution in [0.15, 0.2) is 49.3 Å². The molecule has 5 rings (SSSR count). The third-order valence-electron chi connectivity index (χ3n) is 10.1. The van der Waals surface area contributed by atoms with Crippen LogP contribution in [0, 0.1) is 0 Å². The highest BCUT2D eigenvalue weighted by Gasteiger charge is 2.22. The number of carbonyl (C=O) groups is 8. The zero-order valence-corrected chi connectivity index (χ0v) is 40.1. The van der Waals surface area contributed by atoms with E-state index >= 15 is 0 Å². The molecule has 0 aliphatic carbocycles. The zero-order chi connectivity index (χ0) is 50.4. The van der Waals surface area contributed by atoms with Crippen LogP contribution in [0.3, 0.4) is 0 Å². The summed E-state index contributed by atoms with van der Waals surface area (Å²) in [6, 6.07) is 2.98. The summed E-state index contributed by atoms with van der Waals surface area (Å²) in [4.78, 5) is 114. The molecule has 0 aromatic carbocycles. The Morgan fingerprint density at radius 3 is 1.77 bits per heavy atom. The van der Waals surface area contributed by atoms with Gasteiger partial charge in [-0.15, -0.1) is 0 Å². The molecule has 6 N–H and O–H groups in total. The van der Waals surface area contributed by atoms with Crippen molar-refractivity contribution in [1.29, 1.82) is 0 Å². The zero-order valence-electron chi connectivity index (χ0n) is 40.1. The Morgan fingerprint density at radius 1 is 0.594 bits per heavy atom. The Bertz CT molecular complexity index is 2680. The molecule has 5 aromatic rings. The molecule has 0 unspecified atom stereocenters. The molecule has 0 saturated heterocycles. The molecule has 0 fully saturated rings. The van der Waals surface area contributed by atoms with Gasteiger partial charge < -0.3 is 64.2 Å². The SMILES string of the molecule is CCOC(=O)c1nc(NC(=O)CCCNC(=O)c2cc(NC(=O)c3nc(NC(=O)CCNC(=O)c4cc(NC(=O)c5nccn5C)cn4C)cn3C)cn2C)cn1CCCCCC(=O)OC(C)(C)C. The van der Waals surface area contributed by atoms with E-state index < -0.39 is 41.1 Å². The fourth-order valence-electron chi connectivity index (χ4n) is 6.87. The number of carbonyl (C=O) groups excluding carboxylic acids is 8. The van der Waals surface area contributed by atoms with Gasteiger partial charge in [0.05, 0.1) is 18.0 Å². The third-order valence-corrected chi connectivity index (χ3v) is 10.1. The van der Waals surface area contributed by atoms with Crippen LogP contribution in [-0.2, 0) is 58.6 Å². The molecule has 6 amide bonds. The van der Waals surface area contributed by atoms with Crippen LogP contribution in [0.4, 0.5) is 23.0 Å². The maximum atomic E-state index is 13.2. The van der Waals surface area contributed by atoms with Crippen LogP contribution in [0.5, 0.6) is 0 Å². The van der Waals surface area contributed by atoms with E-state index in [4.69, 9.17) is 9.47 Å². The standard InChI is InChI=1S/C45H60N14O10/c1-9-68-44(67)39-54-33(27-59(39)20-12-10-11-15-36(62)69-45(2,3)4)52-34(60)14-13-17-47-40(63)30-23-29(25-56(30)6)50-43(66)38-53-32(26-58(38)8)51-35(61)16-18-48-41(64)31-22-28(24-57(31)7)49-42(65)37-46-19-21-55(37)5/h19,21-27H,9-18,20H2,1-8H3,(H,47,63)(H,48,64)(H,49,65)(H,50,66)(H,51,61)(H,52,60). The Labute approximate surface area is 397 Å². The van der Waals surface area contributed by atoms with E-state index in [0.717, 1.165) is 0 Å². The molecule has 370 valence electrons. The molecule has 0 aliphatic heterocycles. The molecule has 0 radical (unpaired) electrons. The summed E-state index contributed by atoms with van der Waals surface area (Å²) in [5.74, 6) is -3.20. The fraction of sp³-hybridized carbons (Fsp3) is 0.444. The van der Waals surface area contributed by atoms with Crippen molar-refractivity contribution in [3.8, 4) is 0 Å². The number of nitrogens with zero attached hydrogens (tertiary/aromatic N) is 8. The van der Waals surface area contributed by atoms with Crippen LogP contribution in [0.1, 0.15) is 125 Å². The van der Waals surface area contributed by atoms with Crippen molar-refractivity contribution in [3.05, 3.63) is 78.2 Å². The molecule has 0 bridgehead atoms. The van der Waals surface area contributed by atoms with E-state index in [-0.39, 0.29) is 97.8 Å². The largest absolute Gasteiger partial charge is 0.460 e. The van der Waals surface area contributed by atoms with Gasteiger partial charge in [-0.05, 0) is 59.1 Å². The summed E-state index contributed by atoms with van der Waals surface area (Å²) >= 11 is 0. The van der Waals surface area contributed by atoms with Gasteiger partial charge in [0.15, 0.2) is 17.5 Å². The Hall–Kier alpha value is -8.05. The molecule has 69 heavy (non-hydrogen) atoms. The number of esters is 2. The number of anilines is 4. The van der Waals surface area contributed by atoms with E-state index in [1.54, 1.807) is 69.0 Å². The highest BCUT2D eigenvalue weighted by molar-refractivity contribution is 6.04. The van der Waals surface area contributed by atoms with Gasteiger partial charge in [-0.25, -0.2) is 19.7 Å². The lowest BCUT2D eigenvalue weighted by atomic mass is 10.1. The Morgan fingerprint density at radius 2 is 1.17 bits per heavy atom. The van der Waals surface area contributed by atoms with E-state index in [1.807, 2.05) is 20.8 Å². The molecule has 0 aliphatic rings. The van der Waals surface area contributed by atoms with Gasteiger partial charge >= 0.3 is 11.9 Å². The second-order valence-corrected chi connectivity index (χ2v) is 17.0. The van der Waals surface area contributed by atoms with Crippen molar-refractivity contribution in [3.63, 3.8) is 0 Å².